The van der Waals surface area contributed by atoms with Gasteiger partial charge in [-0.05, 0) is 31.0 Å². The van der Waals surface area contributed by atoms with Crippen LogP contribution >= 0.6 is 0 Å². The first-order chi connectivity index (χ1) is 9.86. The molecule has 0 radical (unpaired) electrons. The average Bonchev–Trinajstić information content (AvgIpc) is 2.89. The largest absolute Gasteiger partial charge is 0.380 e. The van der Waals surface area contributed by atoms with Crippen LogP contribution in [0.4, 0.5) is 15.8 Å². The van der Waals surface area contributed by atoms with Crippen molar-refractivity contribution < 1.29 is 13.9 Å². The molecular formula is C16H23FN2O2. The van der Waals surface area contributed by atoms with Crippen molar-refractivity contribution in [3.63, 3.8) is 0 Å². The summed E-state index contributed by atoms with van der Waals surface area (Å²) in [5.41, 5.74) is 0.391. The molecule has 0 aliphatic carbocycles. The summed E-state index contributed by atoms with van der Waals surface area (Å²) in [5, 5.41) is 5.77. The molecule has 1 heterocycles. The lowest BCUT2D eigenvalue weighted by molar-refractivity contribution is -0.123. The van der Waals surface area contributed by atoms with Crippen LogP contribution in [-0.2, 0) is 9.53 Å². The summed E-state index contributed by atoms with van der Waals surface area (Å²) < 4.78 is 19.5. The van der Waals surface area contributed by atoms with E-state index in [2.05, 4.69) is 10.6 Å². The fourth-order valence-corrected chi connectivity index (χ4v) is 2.08. The van der Waals surface area contributed by atoms with Gasteiger partial charge in [-0.1, -0.05) is 20.8 Å². The van der Waals surface area contributed by atoms with Crippen molar-refractivity contribution in [3.8, 4) is 0 Å². The highest BCUT2D eigenvalue weighted by atomic mass is 19.1. The summed E-state index contributed by atoms with van der Waals surface area (Å²) in [6.07, 6.45) is 2.23. The lowest BCUT2D eigenvalue weighted by Crippen LogP contribution is -2.27. The molecule has 0 bridgehead atoms. The van der Waals surface area contributed by atoms with Gasteiger partial charge in [0, 0.05) is 24.3 Å². The van der Waals surface area contributed by atoms with Gasteiger partial charge in [0.1, 0.15) is 5.82 Å². The third-order valence-electron chi connectivity index (χ3n) is 3.45. The zero-order valence-corrected chi connectivity index (χ0v) is 12.8. The molecule has 5 heteroatoms. The molecule has 0 saturated carbocycles. The number of nitrogens with one attached hydrogen (secondary N) is 2. The summed E-state index contributed by atoms with van der Waals surface area (Å²) in [6, 6.07) is 4.68. The van der Waals surface area contributed by atoms with Gasteiger partial charge in [-0.2, -0.15) is 0 Å². The predicted molar refractivity (Wildman–Crippen MR) is 81.9 cm³/mol. The second-order valence-corrected chi connectivity index (χ2v) is 6.41. The molecule has 116 valence electrons. The molecule has 1 aromatic carbocycles. The number of hydrogen-bond acceptors (Lipinski definition) is 3. The van der Waals surface area contributed by atoms with Crippen molar-refractivity contribution in [2.45, 2.75) is 39.7 Å². The summed E-state index contributed by atoms with van der Waals surface area (Å²) >= 11 is 0. The second-order valence-electron chi connectivity index (χ2n) is 6.41. The Hall–Kier alpha value is -1.62. The first-order valence-electron chi connectivity index (χ1n) is 7.33. The number of benzene rings is 1. The van der Waals surface area contributed by atoms with E-state index >= 15 is 0 Å². The molecule has 0 spiro atoms. The number of carbonyl (C=O) groups excluding carboxylic acids is 1. The molecule has 1 aliphatic rings. The molecule has 0 aromatic heterocycles. The number of carbonyl (C=O) groups is 1. The number of hydrogen-bond donors (Lipinski definition) is 2. The summed E-state index contributed by atoms with van der Waals surface area (Å²) in [5.74, 6) is -0.512. The van der Waals surface area contributed by atoms with E-state index in [9.17, 15) is 9.18 Å². The molecule has 1 saturated heterocycles. The van der Waals surface area contributed by atoms with E-state index in [1.165, 1.54) is 6.07 Å². The minimum Gasteiger partial charge on any atom is -0.380 e. The summed E-state index contributed by atoms with van der Waals surface area (Å²) in [7, 11) is 0. The Labute approximate surface area is 125 Å². The molecule has 2 rings (SSSR count). The van der Waals surface area contributed by atoms with Crippen LogP contribution in [0.3, 0.4) is 0 Å². The van der Waals surface area contributed by atoms with E-state index in [-0.39, 0.29) is 17.8 Å². The number of rotatable bonds is 4. The molecule has 1 aromatic rings. The fourth-order valence-electron chi connectivity index (χ4n) is 2.08. The molecule has 1 amide bonds. The smallest absolute Gasteiger partial charge is 0.229 e. The second kappa shape index (κ2) is 6.43. The number of ether oxygens (including phenoxy) is 1. The van der Waals surface area contributed by atoms with Crippen LogP contribution < -0.4 is 10.6 Å². The molecular weight excluding hydrogens is 271 g/mol. The molecule has 0 unspecified atom stereocenters. The Morgan fingerprint density at radius 3 is 2.76 bits per heavy atom. The average molecular weight is 294 g/mol. The molecule has 1 aliphatic heterocycles. The molecule has 1 fully saturated rings. The third kappa shape index (κ3) is 4.43. The van der Waals surface area contributed by atoms with Gasteiger partial charge in [0.15, 0.2) is 0 Å². The Morgan fingerprint density at radius 2 is 2.19 bits per heavy atom. The van der Waals surface area contributed by atoms with E-state index in [0.29, 0.717) is 17.9 Å². The third-order valence-corrected chi connectivity index (χ3v) is 3.45. The van der Waals surface area contributed by atoms with Gasteiger partial charge in [0.05, 0.1) is 11.8 Å². The summed E-state index contributed by atoms with van der Waals surface area (Å²) in [4.78, 5) is 11.9. The Bertz CT molecular complexity index is 505. The van der Waals surface area contributed by atoms with Crippen LogP contribution in [0.15, 0.2) is 18.2 Å². The minimum atomic E-state index is -0.507. The van der Waals surface area contributed by atoms with Gasteiger partial charge >= 0.3 is 0 Å². The Kier molecular flexibility index (Phi) is 4.83. The first-order valence-corrected chi connectivity index (χ1v) is 7.33. The zero-order chi connectivity index (χ0) is 15.5. The number of amides is 1. The molecule has 21 heavy (non-hydrogen) atoms. The van der Waals surface area contributed by atoms with Crippen molar-refractivity contribution in [2.75, 3.05) is 23.8 Å². The topological polar surface area (TPSA) is 50.4 Å². The van der Waals surface area contributed by atoms with Crippen LogP contribution in [0.25, 0.3) is 0 Å². The first kappa shape index (κ1) is 15.8. The Morgan fingerprint density at radius 1 is 1.43 bits per heavy atom. The van der Waals surface area contributed by atoms with Gasteiger partial charge in [0.25, 0.3) is 0 Å². The van der Waals surface area contributed by atoms with E-state index in [4.69, 9.17) is 4.74 Å². The van der Waals surface area contributed by atoms with Crippen molar-refractivity contribution in [1.29, 1.82) is 0 Å². The van der Waals surface area contributed by atoms with Crippen molar-refractivity contribution in [2.24, 2.45) is 5.41 Å². The van der Waals surface area contributed by atoms with Crippen LogP contribution in [0.5, 0.6) is 0 Å². The van der Waals surface area contributed by atoms with Crippen molar-refractivity contribution in [3.05, 3.63) is 24.0 Å². The van der Waals surface area contributed by atoms with Gasteiger partial charge in [0.2, 0.25) is 5.91 Å². The van der Waals surface area contributed by atoms with Crippen LogP contribution in [-0.4, -0.2) is 25.2 Å². The monoisotopic (exact) mass is 294 g/mol. The van der Waals surface area contributed by atoms with Crippen molar-refractivity contribution in [1.82, 2.24) is 0 Å². The molecule has 2 N–H and O–H groups in total. The highest BCUT2D eigenvalue weighted by Crippen LogP contribution is 2.22. The van der Waals surface area contributed by atoms with E-state index < -0.39 is 5.41 Å². The quantitative estimate of drug-likeness (QED) is 0.895. The maximum absolute atomic E-state index is 14.0. The van der Waals surface area contributed by atoms with Gasteiger partial charge in [-0.15, -0.1) is 0 Å². The van der Waals surface area contributed by atoms with Gasteiger partial charge in [-0.3, -0.25) is 4.79 Å². The van der Waals surface area contributed by atoms with Crippen LogP contribution in [0.1, 0.15) is 33.6 Å². The Balaban J connectivity index is 1.95. The lowest BCUT2D eigenvalue weighted by Gasteiger charge is -2.18. The van der Waals surface area contributed by atoms with Gasteiger partial charge in [-0.25, -0.2) is 4.39 Å². The van der Waals surface area contributed by atoms with E-state index in [1.54, 1.807) is 12.1 Å². The predicted octanol–water partition coefficient (Wildman–Crippen LogP) is 3.40. The minimum absolute atomic E-state index is 0.137. The van der Waals surface area contributed by atoms with Crippen LogP contribution in [0.2, 0.25) is 0 Å². The standard InChI is InChI=1S/C16H23FN2O2/c1-16(2,3)15(20)19-11-6-7-14(13(17)9-11)18-10-12-5-4-8-21-12/h6-7,9,12,18H,4-5,8,10H2,1-3H3,(H,19,20)/t12-/m0/s1. The highest BCUT2D eigenvalue weighted by molar-refractivity contribution is 5.94. The van der Waals surface area contributed by atoms with Crippen molar-refractivity contribution >= 4 is 17.3 Å². The maximum Gasteiger partial charge on any atom is 0.229 e. The fraction of sp³-hybridized carbons (Fsp3) is 0.562. The maximum atomic E-state index is 14.0. The number of anilines is 2. The zero-order valence-electron chi connectivity index (χ0n) is 12.8. The molecule has 1 atom stereocenters. The SMILES string of the molecule is CC(C)(C)C(=O)Nc1ccc(NC[C@@H]2CCCO2)c(F)c1. The van der Waals surface area contributed by atoms with Gasteiger partial charge < -0.3 is 15.4 Å². The highest BCUT2D eigenvalue weighted by Gasteiger charge is 2.21. The lowest BCUT2D eigenvalue weighted by atomic mass is 9.95. The normalized spacial score (nSPS) is 18.6. The van der Waals surface area contributed by atoms with E-state index in [0.717, 1.165) is 19.4 Å². The van der Waals surface area contributed by atoms with Crippen LogP contribution in [0, 0.1) is 11.2 Å². The number of halogens is 1. The molecule has 4 nitrogen and oxygen atoms in total. The summed E-state index contributed by atoms with van der Waals surface area (Å²) in [6.45, 7) is 6.83. The van der Waals surface area contributed by atoms with E-state index in [1.807, 2.05) is 20.8 Å².